The largest absolute Gasteiger partial charge is 0.391 e. The van der Waals surface area contributed by atoms with Gasteiger partial charge in [0.05, 0.1) is 6.10 Å². The number of likely N-dealkylation sites (tertiary alicyclic amines) is 1. The molecule has 2 atom stereocenters. The summed E-state index contributed by atoms with van der Waals surface area (Å²) >= 11 is 0. The van der Waals surface area contributed by atoms with Gasteiger partial charge in [-0.3, -0.25) is 9.78 Å². The number of benzene rings is 1. The number of aliphatic hydroxyl groups excluding tert-OH is 1. The van der Waals surface area contributed by atoms with Gasteiger partial charge in [-0.2, -0.15) is 0 Å². The van der Waals surface area contributed by atoms with Gasteiger partial charge in [0.15, 0.2) is 0 Å². The van der Waals surface area contributed by atoms with E-state index in [1.807, 2.05) is 36.1 Å². The number of rotatable bonds is 6. The van der Waals surface area contributed by atoms with Crippen molar-refractivity contribution < 1.29 is 14.7 Å². The number of aliphatic hydroxyl groups is 1. The summed E-state index contributed by atoms with van der Waals surface area (Å²) in [6, 6.07) is 6.89. The number of carbonyl (C=O) groups is 2. The molecule has 8 nitrogen and oxygen atoms in total. The van der Waals surface area contributed by atoms with Crippen LogP contribution in [0.15, 0.2) is 36.7 Å². The number of nitrogens with zero attached hydrogens (tertiary/aromatic N) is 4. The summed E-state index contributed by atoms with van der Waals surface area (Å²) in [5.74, 6) is 0.00931. The zero-order valence-corrected chi connectivity index (χ0v) is 19.9. The number of anilines is 1. The average molecular weight is 466 g/mol. The van der Waals surface area contributed by atoms with Crippen molar-refractivity contribution in [3.8, 4) is 0 Å². The van der Waals surface area contributed by atoms with Gasteiger partial charge >= 0.3 is 6.03 Å². The second-order valence-electron chi connectivity index (χ2n) is 10.2. The van der Waals surface area contributed by atoms with Gasteiger partial charge in [0.25, 0.3) is 0 Å². The molecule has 1 spiro atoms. The number of unbranched alkanes of at least 4 members (excludes halogenated alkanes) is 1. The summed E-state index contributed by atoms with van der Waals surface area (Å²) in [5, 5.41) is 15.3. The number of pyridine rings is 1. The molecule has 1 aliphatic carbocycles. The van der Waals surface area contributed by atoms with Crippen LogP contribution in [-0.2, 0) is 4.79 Å². The predicted octanol–water partition coefficient (Wildman–Crippen LogP) is 2.93. The van der Waals surface area contributed by atoms with E-state index >= 15 is 0 Å². The van der Waals surface area contributed by atoms with E-state index in [1.165, 1.54) is 12.8 Å². The maximum atomic E-state index is 12.9. The Kier molecular flexibility index (Phi) is 6.44. The standard InChI is InChI=1S/C26H35N5O3/c1-19-24(33)30(12-3-2-11-29-13-9-26(7-8-26)23(32)18-29)14-15-31(19)25(34)28-22-5-4-21-17-27-10-6-20(21)16-22/h4-6,10,16-17,19,23,32H,2-3,7-9,11-15,18H2,1H3,(H,28,34). The third-order valence-corrected chi connectivity index (χ3v) is 8.01. The lowest BCUT2D eigenvalue weighted by Crippen LogP contribution is -2.58. The molecule has 8 heteroatoms. The quantitative estimate of drug-likeness (QED) is 0.641. The molecule has 1 saturated carbocycles. The third-order valence-electron chi connectivity index (χ3n) is 8.01. The topological polar surface area (TPSA) is 89.0 Å². The normalized spacial score (nSPS) is 24.6. The Morgan fingerprint density at radius 3 is 2.74 bits per heavy atom. The molecule has 2 N–H and O–H groups in total. The van der Waals surface area contributed by atoms with Crippen LogP contribution < -0.4 is 5.32 Å². The Morgan fingerprint density at radius 1 is 1.12 bits per heavy atom. The van der Waals surface area contributed by atoms with Crippen LogP contribution in [0, 0.1) is 5.41 Å². The number of β-amino-alcohol motifs (C(OH)–C–C–N with tert-alkyl or cyclic N) is 1. The van der Waals surface area contributed by atoms with Crippen LogP contribution in [0.3, 0.4) is 0 Å². The highest BCUT2D eigenvalue weighted by molar-refractivity contribution is 5.96. The molecule has 182 valence electrons. The van der Waals surface area contributed by atoms with Crippen molar-refractivity contribution in [2.75, 3.05) is 44.6 Å². The van der Waals surface area contributed by atoms with Crippen LogP contribution in [0.5, 0.6) is 0 Å². The van der Waals surface area contributed by atoms with Crippen molar-refractivity contribution >= 4 is 28.4 Å². The maximum absolute atomic E-state index is 12.9. The Hall–Kier alpha value is -2.71. The number of piperazine rings is 1. The van der Waals surface area contributed by atoms with Gasteiger partial charge in [0.1, 0.15) is 6.04 Å². The summed E-state index contributed by atoms with van der Waals surface area (Å²) < 4.78 is 0. The molecule has 3 amide bonds. The number of nitrogens with one attached hydrogen (secondary N) is 1. The van der Waals surface area contributed by atoms with Crippen LogP contribution >= 0.6 is 0 Å². The third kappa shape index (κ3) is 4.74. The number of hydrogen-bond donors (Lipinski definition) is 2. The molecule has 2 saturated heterocycles. The first-order chi connectivity index (χ1) is 16.4. The van der Waals surface area contributed by atoms with Gasteiger partial charge in [0, 0.05) is 49.6 Å². The summed E-state index contributed by atoms with van der Waals surface area (Å²) in [7, 11) is 0. The fraction of sp³-hybridized carbons (Fsp3) is 0.577. The highest BCUT2D eigenvalue weighted by Crippen LogP contribution is 2.53. The summed E-state index contributed by atoms with van der Waals surface area (Å²) in [4.78, 5) is 35.8. The van der Waals surface area contributed by atoms with Gasteiger partial charge in [0.2, 0.25) is 5.91 Å². The lowest BCUT2D eigenvalue weighted by molar-refractivity contribution is -0.139. The monoisotopic (exact) mass is 465 g/mol. The molecule has 1 aromatic heterocycles. The van der Waals surface area contributed by atoms with Crippen LogP contribution in [-0.4, -0.2) is 88.1 Å². The van der Waals surface area contributed by atoms with Crippen LogP contribution in [0.2, 0.25) is 0 Å². The van der Waals surface area contributed by atoms with Crippen molar-refractivity contribution in [2.24, 2.45) is 5.41 Å². The Bertz CT molecular complexity index is 1060. The number of hydrogen-bond acceptors (Lipinski definition) is 5. The minimum Gasteiger partial charge on any atom is -0.391 e. The van der Waals surface area contributed by atoms with Crippen LogP contribution in [0.25, 0.3) is 10.8 Å². The lowest BCUT2D eigenvalue weighted by Gasteiger charge is -2.39. The Balaban J connectivity index is 1.07. The maximum Gasteiger partial charge on any atom is 0.322 e. The van der Waals surface area contributed by atoms with E-state index in [1.54, 1.807) is 17.3 Å². The van der Waals surface area contributed by atoms with Crippen molar-refractivity contribution in [1.29, 1.82) is 0 Å². The first-order valence-electron chi connectivity index (χ1n) is 12.6. The molecule has 0 bridgehead atoms. The van der Waals surface area contributed by atoms with Crippen molar-refractivity contribution in [3.63, 3.8) is 0 Å². The van der Waals surface area contributed by atoms with E-state index < -0.39 is 6.04 Å². The molecule has 5 rings (SSSR count). The second kappa shape index (κ2) is 9.50. The Morgan fingerprint density at radius 2 is 1.94 bits per heavy atom. The van der Waals surface area contributed by atoms with Gasteiger partial charge in [-0.05, 0) is 81.1 Å². The fourth-order valence-electron chi connectivity index (χ4n) is 5.45. The summed E-state index contributed by atoms with van der Waals surface area (Å²) in [6.07, 6.45) is 8.79. The van der Waals surface area contributed by atoms with Crippen LogP contribution in [0.4, 0.5) is 10.5 Å². The lowest BCUT2D eigenvalue weighted by atomic mass is 9.90. The smallest absolute Gasteiger partial charge is 0.322 e. The van der Waals surface area contributed by atoms with Gasteiger partial charge in [-0.25, -0.2) is 4.79 Å². The van der Waals surface area contributed by atoms with E-state index in [2.05, 4.69) is 15.2 Å². The average Bonchev–Trinajstić information content (AvgIpc) is 3.62. The van der Waals surface area contributed by atoms with E-state index in [0.29, 0.717) is 18.8 Å². The molecule has 0 radical (unpaired) electrons. The molecule has 2 unspecified atom stereocenters. The first-order valence-corrected chi connectivity index (χ1v) is 12.6. The van der Waals surface area contributed by atoms with Crippen LogP contribution in [0.1, 0.15) is 39.0 Å². The summed E-state index contributed by atoms with van der Waals surface area (Å²) in [6.45, 7) is 6.45. The zero-order valence-electron chi connectivity index (χ0n) is 19.9. The van der Waals surface area contributed by atoms with Crippen molar-refractivity contribution in [2.45, 2.75) is 51.2 Å². The fourth-order valence-corrected chi connectivity index (χ4v) is 5.45. The molecule has 1 aromatic carbocycles. The number of piperidine rings is 1. The molecule has 3 heterocycles. The van der Waals surface area contributed by atoms with E-state index in [9.17, 15) is 14.7 Å². The molecule has 2 aromatic rings. The van der Waals surface area contributed by atoms with E-state index in [-0.39, 0.29) is 23.5 Å². The SMILES string of the molecule is CC1C(=O)N(CCCCN2CCC3(CC3)C(O)C2)CCN1C(=O)Nc1ccc2cnccc2c1. The van der Waals surface area contributed by atoms with Gasteiger partial charge in [-0.1, -0.05) is 6.07 Å². The summed E-state index contributed by atoms with van der Waals surface area (Å²) in [5.41, 5.74) is 0.956. The minimum absolute atomic E-state index is 0.00931. The first kappa shape index (κ1) is 23.1. The Labute approximate surface area is 200 Å². The number of carbonyl (C=O) groups excluding carboxylic acids is 2. The number of fused-ring (bicyclic) bond motifs is 1. The van der Waals surface area contributed by atoms with Crippen molar-refractivity contribution in [3.05, 3.63) is 36.7 Å². The molecule has 2 aliphatic heterocycles. The minimum atomic E-state index is -0.481. The highest BCUT2D eigenvalue weighted by Gasteiger charge is 2.51. The van der Waals surface area contributed by atoms with E-state index in [0.717, 1.165) is 56.2 Å². The number of aromatic nitrogens is 1. The van der Waals surface area contributed by atoms with Gasteiger partial charge < -0.3 is 25.1 Å². The van der Waals surface area contributed by atoms with E-state index in [4.69, 9.17) is 0 Å². The highest BCUT2D eigenvalue weighted by atomic mass is 16.3. The van der Waals surface area contributed by atoms with Crippen molar-refractivity contribution in [1.82, 2.24) is 19.7 Å². The van der Waals surface area contributed by atoms with Gasteiger partial charge in [-0.15, -0.1) is 0 Å². The predicted molar refractivity (Wildman–Crippen MR) is 131 cm³/mol. The number of amides is 3. The molecule has 3 fully saturated rings. The second-order valence-corrected chi connectivity index (χ2v) is 10.2. The number of urea groups is 1. The molecule has 3 aliphatic rings. The molecule has 34 heavy (non-hydrogen) atoms. The molecular formula is C26H35N5O3. The molecular weight excluding hydrogens is 430 g/mol. The zero-order chi connectivity index (χ0) is 23.7.